The number of nitrogens with zero attached hydrogens (tertiary/aromatic N) is 3. The van der Waals surface area contributed by atoms with Crippen LogP contribution < -0.4 is 16.0 Å². The molecular weight excluding hydrogens is 925 g/mol. The summed E-state index contributed by atoms with van der Waals surface area (Å²) in [6.45, 7) is 8.22. The summed E-state index contributed by atoms with van der Waals surface area (Å²) in [4.78, 5) is 65.1. The van der Waals surface area contributed by atoms with Crippen LogP contribution in [0.1, 0.15) is 83.6 Å². The lowest BCUT2D eigenvalue weighted by Crippen LogP contribution is -2.60. The van der Waals surface area contributed by atoms with Gasteiger partial charge in [-0.3, -0.25) is 9.59 Å². The lowest BCUT2D eigenvalue weighted by Gasteiger charge is -2.40. The Balaban J connectivity index is 0.873. The first-order chi connectivity index (χ1) is 30.7. The van der Waals surface area contributed by atoms with Crippen molar-refractivity contribution in [1.82, 2.24) is 35.7 Å². The van der Waals surface area contributed by atoms with E-state index in [1.54, 1.807) is 13.8 Å². The quantitative estimate of drug-likeness (QED) is 0.103. The monoisotopic (exact) mass is 983 g/mol. The molecule has 1 aromatic heterocycles. The lowest BCUT2D eigenvalue weighted by molar-refractivity contribution is -0.145. The highest BCUT2D eigenvalue weighted by Crippen LogP contribution is 2.56. The number of hydrogen-bond donors (Lipinski definition) is 4. The van der Waals surface area contributed by atoms with Crippen LogP contribution in [-0.4, -0.2) is 105 Å². The highest BCUT2D eigenvalue weighted by molar-refractivity contribution is 14.2. The number of likely N-dealkylation sites (tertiary alicyclic amines) is 2. The Bertz CT molecular complexity index is 2550. The standard InChI is InChI=1S/C49H58IN7O7/c1-27(2)39(54-46(60)62-5)44(58)56-26-49(18-19-49)23-38(56)42-50-24-36(52-42)29-10-8-28(9-11-29)30-12-13-32-21-33(15-14-31(32)20-30)37-25-51-43(53-37)40-34-16-17-35(22-34)57(40)45(59)41(48(3,4)64-7)55-47(61)63-6/h8-15,20-21,24-25,27,34-35,38-41,52H,16-19,22-23,26H2,1-7H3,(H,51,53)(H,54,60)(H,55,61)/t34-,35+,38-,39-,40-,41+/m0/s1. The number of methoxy groups -OCH3 is 3. The van der Waals surface area contributed by atoms with Gasteiger partial charge in [0, 0.05) is 25.3 Å². The summed E-state index contributed by atoms with van der Waals surface area (Å²) in [5.41, 5.74) is 5.55. The van der Waals surface area contributed by atoms with Crippen molar-refractivity contribution in [3.8, 4) is 22.4 Å². The average Bonchev–Trinajstić information content (AvgIpc) is 3.94. The first-order valence-electron chi connectivity index (χ1n) is 22.3. The Kier molecular flexibility index (Phi) is 11.8. The number of carbonyl (C=O) groups is 4. The van der Waals surface area contributed by atoms with Gasteiger partial charge in [0.05, 0.1) is 53.1 Å². The highest BCUT2D eigenvalue weighted by Gasteiger charge is 2.56. The van der Waals surface area contributed by atoms with Crippen molar-refractivity contribution in [2.75, 3.05) is 27.9 Å². The normalized spacial score (nSPS) is 23.0. The molecule has 14 nitrogen and oxygen atoms in total. The number of nitrogens with one attached hydrogen (secondary N) is 4. The van der Waals surface area contributed by atoms with Gasteiger partial charge in [-0.05, 0) is 113 Å². The van der Waals surface area contributed by atoms with Gasteiger partial charge in [-0.15, -0.1) is 0 Å². The van der Waals surface area contributed by atoms with E-state index >= 15 is 0 Å². The molecule has 0 radical (unpaired) electrons. The fourth-order valence-electron chi connectivity index (χ4n) is 10.2. The molecule has 3 aromatic carbocycles. The van der Waals surface area contributed by atoms with Gasteiger partial charge in [0.1, 0.15) is 17.9 Å². The summed E-state index contributed by atoms with van der Waals surface area (Å²) in [5, 5.41) is 11.5. The van der Waals surface area contributed by atoms with Crippen LogP contribution in [0.4, 0.5) is 9.59 Å². The van der Waals surface area contributed by atoms with E-state index in [9.17, 15) is 19.2 Å². The molecule has 9 rings (SSSR count). The number of hydrogen-bond acceptors (Lipinski definition) is 9. The number of benzene rings is 3. The molecule has 4 aromatic rings. The predicted molar refractivity (Wildman–Crippen MR) is 254 cm³/mol. The molecule has 338 valence electrons. The molecule has 6 atom stereocenters. The van der Waals surface area contributed by atoms with Crippen LogP contribution in [0.25, 0.3) is 38.9 Å². The van der Waals surface area contributed by atoms with Gasteiger partial charge >= 0.3 is 12.2 Å². The van der Waals surface area contributed by atoms with Gasteiger partial charge in [-0.2, -0.15) is 0 Å². The number of aromatic nitrogens is 2. The van der Waals surface area contributed by atoms with Crippen LogP contribution in [0.3, 0.4) is 0 Å². The second-order valence-corrected chi connectivity index (χ2v) is 21.4. The number of amides is 4. The zero-order valence-corrected chi connectivity index (χ0v) is 39.7. The van der Waals surface area contributed by atoms with Crippen LogP contribution in [0.15, 0.2) is 70.9 Å². The SMILES string of the molecule is COC(=O)N[C@H](C(=O)N1CC2(CC2)C[C@H]1C1=IC=C(c2ccc(-c3ccc4cc(-c5cnc([C@@H]6[C@H]7CC[C@H](C7)N6C(=O)[C@@H](NC(=O)OC)C(C)(C)OC)[nH]5)ccc4c3)cc2)N1)C(C)C. The van der Waals surface area contributed by atoms with Crippen LogP contribution >= 0.6 is 20.7 Å². The largest absolute Gasteiger partial charge is 0.453 e. The number of piperidine rings is 1. The third-order valence-electron chi connectivity index (χ3n) is 14.3. The molecule has 2 saturated heterocycles. The molecule has 2 bridgehead atoms. The van der Waals surface area contributed by atoms with Crippen molar-refractivity contribution >= 4 is 64.8 Å². The minimum atomic E-state index is -0.968. The molecule has 4 heterocycles. The average molecular weight is 984 g/mol. The van der Waals surface area contributed by atoms with E-state index < -0.39 is 50.6 Å². The molecule has 4 amide bonds. The Morgan fingerprint density at radius 1 is 0.859 bits per heavy atom. The number of halogens is 1. The van der Waals surface area contributed by atoms with E-state index in [-0.39, 0.29) is 47.2 Å². The summed E-state index contributed by atoms with van der Waals surface area (Å²) in [5.74, 6) is 0.704. The van der Waals surface area contributed by atoms with Crippen molar-refractivity contribution in [2.45, 2.75) is 102 Å². The summed E-state index contributed by atoms with van der Waals surface area (Å²) < 4.78 is 19.0. The fraction of sp³-hybridized carbons (Fsp3) is 0.469. The van der Waals surface area contributed by atoms with Gasteiger partial charge in [0.25, 0.3) is 0 Å². The second-order valence-electron chi connectivity index (χ2n) is 19.0. The summed E-state index contributed by atoms with van der Waals surface area (Å²) >= 11 is -0.442. The van der Waals surface area contributed by atoms with Crippen LogP contribution in [0, 0.1) is 17.3 Å². The number of ether oxygens (including phenoxy) is 3. The van der Waals surface area contributed by atoms with Crippen molar-refractivity contribution < 1.29 is 33.4 Å². The number of rotatable bonds is 12. The van der Waals surface area contributed by atoms with Gasteiger partial charge in [-0.1, -0.05) is 83.1 Å². The van der Waals surface area contributed by atoms with Crippen molar-refractivity contribution in [1.29, 1.82) is 0 Å². The Labute approximate surface area is 384 Å². The smallest absolute Gasteiger partial charge is 0.407 e. The minimum absolute atomic E-state index is 0.0127. The van der Waals surface area contributed by atoms with Crippen molar-refractivity contribution in [2.24, 2.45) is 17.3 Å². The lowest BCUT2D eigenvalue weighted by atomic mass is 9.93. The number of carbonyl (C=O) groups excluding carboxylic acids is 4. The topological polar surface area (TPSA) is 167 Å². The van der Waals surface area contributed by atoms with E-state index in [0.29, 0.717) is 0 Å². The summed E-state index contributed by atoms with van der Waals surface area (Å²) in [6.07, 6.45) is 6.64. The molecule has 3 aliphatic heterocycles. The fourth-order valence-corrected chi connectivity index (χ4v) is 12.8. The Hall–Kier alpha value is -5.29. The van der Waals surface area contributed by atoms with Gasteiger partial charge < -0.3 is 44.9 Å². The van der Waals surface area contributed by atoms with E-state index in [4.69, 9.17) is 19.2 Å². The van der Waals surface area contributed by atoms with E-state index in [0.717, 1.165) is 95.3 Å². The zero-order valence-electron chi connectivity index (χ0n) is 37.5. The predicted octanol–water partition coefficient (Wildman–Crippen LogP) is 7.86. The molecule has 4 fully saturated rings. The van der Waals surface area contributed by atoms with Crippen molar-refractivity contribution in [3.63, 3.8) is 0 Å². The minimum Gasteiger partial charge on any atom is -0.453 e. The summed E-state index contributed by atoms with van der Waals surface area (Å²) in [6, 6.07) is 19.9. The molecule has 15 heteroatoms. The maximum atomic E-state index is 14.3. The third kappa shape index (κ3) is 8.29. The van der Waals surface area contributed by atoms with Crippen LogP contribution in [0.5, 0.6) is 0 Å². The molecule has 5 aliphatic rings. The third-order valence-corrected chi connectivity index (χ3v) is 16.9. The molecular formula is C49H58IN7O7. The van der Waals surface area contributed by atoms with Crippen LogP contribution in [-0.2, 0) is 23.8 Å². The Morgan fingerprint density at radius 2 is 1.52 bits per heavy atom. The molecule has 2 saturated carbocycles. The molecule has 4 N–H and O–H groups in total. The van der Waals surface area contributed by atoms with Crippen molar-refractivity contribution in [3.05, 3.63) is 82.3 Å². The van der Waals surface area contributed by atoms with Crippen LogP contribution in [0.2, 0.25) is 0 Å². The van der Waals surface area contributed by atoms with E-state index in [1.807, 2.05) is 29.8 Å². The number of H-pyrrole nitrogens is 1. The molecule has 0 unspecified atom stereocenters. The van der Waals surface area contributed by atoms with Gasteiger partial charge in [-0.25, -0.2) is 14.6 Å². The number of alkyl carbamates (subject to hydrolysis) is 2. The van der Waals surface area contributed by atoms with Gasteiger partial charge in [0.2, 0.25) is 11.8 Å². The second kappa shape index (κ2) is 17.3. The van der Waals surface area contributed by atoms with E-state index in [1.165, 1.54) is 25.0 Å². The first kappa shape index (κ1) is 43.9. The molecule has 64 heavy (non-hydrogen) atoms. The highest BCUT2D eigenvalue weighted by atomic mass is 127. The zero-order chi connectivity index (χ0) is 45.1. The first-order valence-corrected chi connectivity index (χ1v) is 24.6. The maximum Gasteiger partial charge on any atom is 0.407 e. The molecule has 1 spiro atoms. The molecule has 2 aliphatic carbocycles. The number of imidazole rings is 1. The number of aromatic amines is 1. The summed E-state index contributed by atoms with van der Waals surface area (Å²) in [7, 11) is 4.14. The van der Waals surface area contributed by atoms with E-state index in [2.05, 4.69) is 85.7 Å². The number of fused-ring (bicyclic) bond motifs is 3. The Morgan fingerprint density at radius 3 is 2.19 bits per heavy atom. The van der Waals surface area contributed by atoms with Gasteiger partial charge in [0.15, 0.2) is 0 Å². The maximum absolute atomic E-state index is 14.3.